The number of hydroxylamine groups is 2. The van der Waals surface area contributed by atoms with Crippen LogP contribution < -0.4 is 11.1 Å². The molecule has 1 unspecified atom stereocenters. The molecule has 0 bridgehead atoms. The van der Waals surface area contributed by atoms with Crippen molar-refractivity contribution in [1.29, 1.82) is 0 Å². The predicted molar refractivity (Wildman–Crippen MR) is 110 cm³/mol. The Bertz CT molecular complexity index is 850. The Balaban J connectivity index is 1.73. The summed E-state index contributed by atoms with van der Waals surface area (Å²) in [5, 5.41) is 5.13. The molecule has 1 aromatic rings. The quantitative estimate of drug-likeness (QED) is 0.808. The molecule has 3 aliphatic heterocycles. The van der Waals surface area contributed by atoms with Crippen LogP contribution in [0.25, 0.3) is 5.57 Å². The molecular formula is C21H30FN5O2. The number of ether oxygens (including phenoxy) is 1. The van der Waals surface area contributed by atoms with E-state index in [1.807, 2.05) is 6.07 Å². The molecule has 1 atom stereocenters. The first kappa shape index (κ1) is 20.3. The third kappa shape index (κ3) is 3.34. The number of aliphatic imine (C=N–C) groups is 1. The van der Waals surface area contributed by atoms with Gasteiger partial charge >= 0.3 is 0 Å². The maximum Gasteiger partial charge on any atom is 0.256 e. The summed E-state index contributed by atoms with van der Waals surface area (Å²) in [6, 6.07) is 6.49. The lowest BCUT2D eigenvalue weighted by molar-refractivity contribution is -0.116. The van der Waals surface area contributed by atoms with Crippen LogP contribution in [0.4, 0.5) is 4.39 Å². The lowest BCUT2D eigenvalue weighted by Gasteiger charge is -2.55. The van der Waals surface area contributed by atoms with E-state index in [-0.39, 0.29) is 35.7 Å². The summed E-state index contributed by atoms with van der Waals surface area (Å²) in [5.41, 5.74) is 7.41. The van der Waals surface area contributed by atoms with Gasteiger partial charge in [-0.15, -0.1) is 0 Å². The second kappa shape index (κ2) is 6.77. The second-order valence-electron chi connectivity index (χ2n) is 9.30. The van der Waals surface area contributed by atoms with E-state index in [1.54, 1.807) is 12.3 Å². The summed E-state index contributed by atoms with van der Waals surface area (Å²) in [6.07, 6.45) is 3.44. The van der Waals surface area contributed by atoms with Crippen LogP contribution in [0, 0.1) is 5.82 Å². The molecule has 158 valence electrons. The lowest BCUT2D eigenvalue weighted by Crippen LogP contribution is -2.68. The van der Waals surface area contributed by atoms with Crippen molar-refractivity contribution >= 4 is 11.5 Å². The van der Waals surface area contributed by atoms with E-state index in [0.29, 0.717) is 11.1 Å². The Morgan fingerprint density at radius 2 is 1.90 bits per heavy atom. The number of nitrogens with zero attached hydrogens (tertiary/aromatic N) is 3. The fraction of sp³-hybridized carbons (Fsp3) is 0.571. The summed E-state index contributed by atoms with van der Waals surface area (Å²) in [5.74, 6) is -1.29. The standard InChI is InChI=1S/C21H30FN5O2/c1-19(2)10-16(11-20(3,4)26(19)5)25-21-17(14-7-6-8-15(22)9-14)12-24-18(23)27(21)29-13-28-21/h6-9,12,16,25H,10-11,13H2,1-5H3,(H2,23,24). The van der Waals surface area contributed by atoms with Crippen LogP contribution in [-0.2, 0) is 9.57 Å². The van der Waals surface area contributed by atoms with Gasteiger partial charge in [-0.2, -0.15) is 5.06 Å². The van der Waals surface area contributed by atoms with Gasteiger partial charge in [-0.25, -0.2) is 14.2 Å². The fourth-order valence-corrected chi connectivity index (χ4v) is 4.85. The van der Waals surface area contributed by atoms with Crippen molar-refractivity contribution < 1.29 is 14.0 Å². The van der Waals surface area contributed by atoms with Crippen molar-refractivity contribution in [3.8, 4) is 0 Å². The number of guanidine groups is 1. The number of fused-ring (bicyclic) bond motifs is 1. The second-order valence-corrected chi connectivity index (χ2v) is 9.30. The highest BCUT2D eigenvalue weighted by Gasteiger charge is 2.54. The maximum absolute atomic E-state index is 14.0. The summed E-state index contributed by atoms with van der Waals surface area (Å²) >= 11 is 0. The number of nitrogens with two attached hydrogens (primary N) is 1. The Kier molecular flexibility index (Phi) is 4.73. The van der Waals surface area contributed by atoms with Crippen molar-refractivity contribution in [3.05, 3.63) is 41.8 Å². The number of nitrogens with one attached hydrogen (secondary N) is 1. The topological polar surface area (TPSA) is 75.4 Å². The Hall–Kier alpha value is -2.00. The molecule has 3 N–H and O–H groups in total. The van der Waals surface area contributed by atoms with Crippen molar-refractivity contribution in [2.75, 3.05) is 13.8 Å². The van der Waals surface area contributed by atoms with Crippen LogP contribution in [0.1, 0.15) is 46.1 Å². The van der Waals surface area contributed by atoms with Crippen molar-refractivity contribution in [1.82, 2.24) is 15.3 Å². The molecule has 7 nitrogen and oxygen atoms in total. The number of benzene rings is 1. The average Bonchev–Trinajstić information content (AvgIpc) is 3.04. The maximum atomic E-state index is 14.0. The van der Waals surface area contributed by atoms with E-state index in [0.717, 1.165) is 12.8 Å². The molecule has 0 amide bonds. The minimum atomic E-state index is -1.16. The van der Waals surface area contributed by atoms with Gasteiger partial charge in [0.25, 0.3) is 5.85 Å². The first-order chi connectivity index (χ1) is 13.6. The van der Waals surface area contributed by atoms with Crippen LogP contribution in [0.15, 0.2) is 35.5 Å². The van der Waals surface area contributed by atoms with E-state index >= 15 is 0 Å². The van der Waals surface area contributed by atoms with Crippen LogP contribution >= 0.6 is 0 Å². The highest BCUT2D eigenvalue weighted by atomic mass is 19.1. The van der Waals surface area contributed by atoms with Crippen molar-refractivity contribution in [2.45, 2.75) is 63.5 Å². The smallest absolute Gasteiger partial charge is 0.256 e. The summed E-state index contributed by atoms with van der Waals surface area (Å²) in [6.45, 7) is 8.98. The fourth-order valence-electron chi connectivity index (χ4n) is 4.85. The zero-order chi connectivity index (χ0) is 21.0. The van der Waals surface area contributed by atoms with Crippen LogP contribution in [0.3, 0.4) is 0 Å². The Morgan fingerprint density at radius 3 is 2.55 bits per heavy atom. The van der Waals surface area contributed by atoms with Crippen molar-refractivity contribution in [2.24, 2.45) is 10.7 Å². The SMILES string of the molecule is CN1C(C)(C)CC(NC23OCON2C(N)=NC=C3c2cccc(F)c2)CC1(C)C. The highest BCUT2D eigenvalue weighted by molar-refractivity contribution is 5.87. The Morgan fingerprint density at radius 1 is 1.21 bits per heavy atom. The number of rotatable bonds is 3. The van der Waals surface area contributed by atoms with E-state index in [1.165, 1.54) is 17.2 Å². The molecule has 8 heteroatoms. The normalized spacial score (nSPS) is 29.4. The van der Waals surface area contributed by atoms with Crippen LogP contribution in [-0.4, -0.2) is 52.7 Å². The van der Waals surface area contributed by atoms with Gasteiger partial charge in [0.05, 0.1) is 0 Å². The molecule has 2 saturated heterocycles. The zero-order valence-corrected chi connectivity index (χ0v) is 17.7. The molecule has 29 heavy (non-hydrogen) atoms. The number of hydrogen-bond acceptors (Lipinski definition) is 7. The molecule has 0 spiro atoms. The molecule has 3 heterocycles. The lowest BCUT2D eigenvalue weighted by atomic mass is 9.77. The van der Waals surface area contributed by atoms with Gasteiger partial charge in [-0.05, 0) is 65.3 Å². The third-order valence-corrected chi connectivity index (χ3v) is 6.48. The van der Waals surface area contributed by atoms with Gasteiger partial charge in [0.1, 0.15) is 5.82 Å². The number of halogens is 1. The molecule has 4 rings (SSSR count). The van der Waals surface area contributed by atoms with Gasteiger partial charge in [-0.1, -0.05) is 12.1 Å². The van der Waals surface area contributed by atoms with E-state index in [4.69, 9.17) is 15.3 Å². The Labute approximate surface area is 171 Å². The molecule has 0 radical (unpaired) electrons. The van der Waals surface area contributed by atoms with Gasteiger partial charge in [0, 0.05) is 28.9 Å². The number of hydrogen-bond donors (Lipinski definition) is 2. The van der Waals surface area contributed by atoms with Gasteiger partial charge < -0.3 is 10.5 Å². The largest absolute Gasteiger partial charge is 0.368 e. The minimum absolute atomic E-state index is 0.0165. The van der Waals surface area contributed by atoms with E-state index in [2.05, 4.69) is 50.0 Å². The van der Waals surface area contributed by atoms with Gasteiger partial charge in [0.2, 0.25) is 5.96 Å². The minimum Gasteiger partial charge on any atom is -0.368 e. The molecule has 3 aliphatic rings. The van der Waals surface area contributed by atoms with Crippen LogP contribution in [0.2, 0.25) is 0 Å². The van der Waals surface area contributed by atoms with E-state index in [9.17, 15) is 4.39 Å². The highest BCUT2D eigenvalue weighted by Crippen LogP contribution is 2.42. The monoisotopic (exact) mass is 403 g/mol. The zero-order valence-electron chi connectivity index (χ0n) is 17.7. The van der Waals surface area contributed by atoms with Gasteiger partial charge in [0.15, 0.2) is 6.79 Å². The molecule has 0 aliphatic carbocycles. The summed E-state index contributed by atoms with van der Waals surface area (Å²) < 4.78 is 20.1. The van der Waals surface area contributed by atoms with Crippen molar-refractivity contribution in [3.63, 3.8) is 0 Å². The summed E-state index contributed by atoms with van der Waals surface area (Å²) in [7, 11) is 2.17. The molecule has 0 saturated carbocycles. The number of piperidine rings is 1. The van der Waals surface area contributed by atoms with E-state index < -0.39 is 5.85 Å². The third-order valence-electron chi connectivity index (χ3n) is 6.48. The molecule has 1 aromatic carbocycles. The summed E-state index contributed by atoms with van der Waals surface area (Å²) in [4.78, 5) is 12.3. The molecular weight excluding hydrogens is 373 g/mol. The average molecular weight is 404 g/mol. The van der Waals surface area contributed by atoms with Gasteiger partial charge in [-0.3, -0.25) is 10.2 Å². The first-order valence-electron chi connectivity index (χ1n) is 9.94. The predicted octanol–water partition coefficient (Wildman–Crippen LogP) is 2.61. The first-order valence-corrected chi connectivity index (χ1v) is 9.94. The molecule has 0 aromatic heterocycles. The molecule has 2 fully saturated rings. The number of likely N-dealkylation sites (tertiary alicyclic amines) is 1. The van der Waals surface area contributed by atoms with Crippen LogP contribution in [0.5, 0.6) is 0 Å².